The van der Waals surface area contributed by atoms with Gasteiger partial charge in [-0.3, -0.25) is 14.9 Å². The molecule has 1 aromatic heterocycles. The molecule has 6 nitrogen and oxygen atoms in total. The largest absolute Gasteiger partial charge is 0.383 e. The highest BCUT2D eigenvalue weighted by Crippen LogP contribution is 2.32. The summed E-state index contributed by atoms with van der Waals surface area (Å²) >= 11 is 12.0. The van der Waals surface area contributed by atoms with Crippen LogP contribution in [0.2, 0.25) is 10.0 Å². The lowest BCUT2D eigenvalue weighted by Gasteiger charge is -2.13. The maximum atomic E-state index is 12.4. The molecule has 3 aromatic rings. The molecular formula is C19H12Cl2N4O2. The number of amides is 2. The van der Waals surface area contributed by atoms with Crippen molar-refractivity contribution in [3.8, 4) is 5.69 Å². The fourth-order valence-electron chi connectivity index (χ4n) is 2.85. The minimum absolute atomic E-state index is 0.154. The smallest absolute Gasteiger partial charge is 0.264 e. The number of hydrogen-bond acceptors (Lipinski definition) is 4. The van der Waals surface area contributed by atoms with Crippen LogP contribution in [0.15, 0.2) is 48.5 Å². The molecule has 134 valence electrons. The van der Waals surface area contributed by atoms with E-state index in [1.807, 2.05) is 18.2 Å². The van der Waals surface area contributed by atoms with Crippen LogP contribution in [0.1, 0.15) is 21.6 Å². The van der Waals surface area contributed by atoms with Crippen LogP contribution in [0.25, 0.3) is 17.3 Å². The molecule has 0 unspecified atom stereocenters. The fraction of sp³-hybridized carbons (Fsp3) is 0. The highest BCUT2D eigenvalue weighted by Gasteiger charge is 2.34. The number of fused-ring (bicyclic) bond motifs is 1. The van der Waals surface area contributed by atoms with Gasteiger partial charge in [0.1, 0.15) is 17.1 Å². The molecule has 0 aliphatic carbocycles. The number of benzene rings is 2. The summed E-state index contributed by atoms with van der Waals surface area (Å²) < 4.78 is 1.44. The molecule has 0 saturated heterocycles. The van der Waals surface area contributed by atoms with E-state index in [1.165, 1.54) is 4.68 Å². The normalized spacial score (nSPS) is 15.0. The zero-order valence-corrected chi connectivity index (χ0v) is 15.3. The summed E-state index contributed by atoms with van der Waals surface area (Å²) in [5, 5.41) is 7.48. The maximum Gasteiger partial charge on any atom is 0.264 e. The van der Waals surface area contributed by atoms with Crippen LogP contribution < -0.4 is 11.1 Å². The molecule has 0 saturated carbocycles. The lowest BCUT2D eigenvalue weighted by atomic mass is 10.00. The van der Waals surface area contributed by atoms with E-state index in [2.05, 4.69) is 10.4 Å². The van der Waals surface area contributed by atoms with E-state index in [9.17, 15) is 9.59 Å². The Balaban J connectivity index is 1.90. The number of carbonyl (C=O) groups is 2. The van der Waals surface area contributed by atoms with Crippen LogP contribution in [-0.2, 0) is 4.79 Å². The number of carbonyl (C=O) groups excluding carboxylic acids is 2. The van der Waals surface area contributed by atoms with Crippen LogP contribution in [0.3, 0.4) is 0 Å². The van der Waals surface area contributed by atoms with Crippen molar-refractivity contribution in [2.24, 2.45) is 0 Å². The first kappa shape index (κ1) is 17.3. The number of nitrogen functional groups attached to an aromatic ring is 1. The summed E-state index contributed by atoms with van der Waals surface area (Å²) in [6.45, 7) is 0. The van der Waals surface area contributed by atoms with Crippen molar-refractivity contribution < 1.29 is 9.59 Å². The van der Waals surface area contributed by atoms with E-state index in [4.69, 9.17) is 28.9 Å². The SMILES string of the molecule is Nc1c2c(nn1-c1ccccc1)/C(=C\c1ccc(Cl)c(Cl)c1)C(=O)NC2=O. The van der Waals surface area contributed by atoms with Gasteiger partial charge in [-0.25, -0.2) is 4.68 Å². The second kappa shape index (κ2) is 6.57. The Kier molecular flexibility index (Phi) is 4.22. The van der Waals surface area contributed by atoms with Gasteiger partial charge in [-0.15, -0.1) is 0 Å². The van der Waals surface area contributed by atoms with Gasteiger partial charge in [0.2, 0.25) is 0 Å². The van der Waals surface area contributed by atoms with Crippen molar-refractivity contribution in [2.75, 3.05) is 5.73 Å². The van der Waals surface area contributed by atoms with Gasteiger partial charge < -0.3 is 5.73 Å². The number of rotatable bonds is 2. The number of halogens is 2. The minimum atomic E-state index is -0.582. The van der Waals surface area contributed by atoms with Gasteiger partial charge in [0, 0.05) is 0 Å². The summed E-state index contributed by atoms with van der Waals surface area (Å²) in [4.78, 5) is 24.8. The minimum Gasteiger partial charge on any atom is -0.383 e. The number of nitrogens with one attached hydrogen (secondary N) is 1. The Hall–Kier alpha value is -3.09. The first-order valence-corrected chi connectivity index (χ1v) is 8.68. The highest BCUT2D eigenvalue weighted by atomic mass is 35.5. The Labute approximate surface area is 164 Å². The van der Waals surface area contributed by atoms with E-state index >= 15 is 0 Å². The third kappa shape index (κ3) is 2.99. The average molecular weight is 399 g/mol. The van der Waals surface area contributed by atoms with Gasteiger partial charge >= 0.3 is 0 Å². The molecule has 3 N–H and O–H groups in total. The zero-order chi connectivity index (χ0) is 19.1. The highest BCUT2D eigenvalue weighted by molar-refractivity contribution is 6.42. The summed E-state index contributed by atoms with van der Waals surface area (Å²) in [7, 11) is 0. The van der Waals surface area contributed by atoms with Gasteiger partial charge in [-0.05, 0) is 35.9 Å². The van der Waals surface area contributed by atoms with Crippen LogP contribution in [-0.4, -0.2) is 21.6 Å². The lowest BCUT2D eigenvalue weighted by Crippen LogP contribution is -2.36. The molecule has 1 aliphatic heterocycles. The third-order valence-electron chi connectivity index (χ3n) is 4.13. The van der Waals surface area contributed by atoms with Crippen molar-refractivity contribution in [1.29, 1.82) is 0 Å². The molecule has 27 heavy (non-hydrogen) atoms. The van der Waals surface area contributed by atoms with E-state index in [0.717, 1.165) is 0 Å². The molecule has 0 radical (unpaired) electrons. The van der Waals surface area contributed by atoms with E-state index in [0.29, 0.717) is 21.3 Å². The van der Waals surface area contributed by atoms with E-state index < -0.39 is 11.8 Å². The quantitative estimate of drug-likeness (QED) is 0.509. The first-order valence-electron chi connectivity index (χ1n) is 7.92. The Morgan fingerprint density at radius 3 is 2.44 bits per heavy atom. The topological polar surface area (TPSA) is 90.0 Å². The number of hydrogen-bond donors (Lipinski definition) is 2. The number of imide groups is 1. The monoisotopic (exact) mass is 398 g/mol. The molecule has 4 rings (SSSR count). The molecular weight excluding hydrogens is 387 g/mol. The number of nitrogens with two attached hydrogens (primary N) is 1. The predicted octanol–water partition coefficient (Wildman–Crippen LogP) is 3.57. The fourth-order valence-corrected chi connectivity index (χ4v) is 3.16. The van der Waals surface area contributed by atoms with Crippen molar-refractivity contribution >= 4 is 52.5 Å². The summed E-state index contributed by atoms with van der Waals surface area (Å²) in [6, 6.07) is 14.1. The van der Waals surface area contributed by atoms with Crippen LogP contribution in [0, 0.1) is 0 Å². The zero-order valence-electron chi connectivity index (χ0n) is 13.7. The van der Waals surface area contributed by atoms with Crippen LogP contribution in [0.5, 0.6) is 0 Å². The summed E-state index contributed by atoms with van der Waals surface area (Å²) in [5.41, 5.74) is 8.06. The average Bonchev–Trinajstić information content (AvgIpc) is 3.00. The van der Waals surface area contributed by atoms with E-state index in [-0.39, 0.29) is 22.6 Å². The van der Waals surface area contributed by atoms with Crippen LogP contribution >= 0.6 is 23.2 Å². The Morgan fingerprint density at radius 2 is 1.74 bits per heavy atom. The first-order chi connectivity index (χ1) is 13.0. The number of para-hydroxylation sites is 1. The van der Waals surface area contributed by atoms with Gasteiger partial charge in [-0.1, -0.05) is 47.5 Å². The molecule has 2 amide bonds. The lowest BCUT2D eigenvalue weighted by molar-refractivity contribution is -0.114. The molecule has 1 aliphatic rings. The van der Waals surface area contributed by atoms with Crippen molar-refractivity contribution in [3.63, 3.8) is 0 Å². The third-order valence-corrected chi connectivity index (χ3v) is 4.87. The van der Waals surface area contributed by atoms with Gasteiger partial charge in [0.05, 0.1) is 21.3 Å². The number of aromatic nitrogens is 2. The van der Waals surface area contributed by atoms with E-state index in [1.54, 1.807) is 36.4 Å². The van der Waals surface area contributed by atoms with Gasteiger partial charge in [0.15, 0.2) is 0 Å². The standard InChI is InChI=1S/C19H12Cl2N4O2/c20-13-7-6-10(9-14(13)21)8-12-16-15(19(27)23-18(12)26)17(22)25(24-16)11-4-2-1-3-5-11/h1-9H,22H2,(H,23,26,27)/b12-8+. The Bertz CT molecular complexity index is 1120. The number of nitrogens with zero attached hydrogens (tertiary/aromatic N) is 2. The maximum absolute atomic E-state index is 12.4. The molecule has 8 heteroatoms. The molecule has 0 atom stereocenters. The second-order valence-electron chi connectivity index (χ2n) is 5.87. The van der Waals surface area contributed by atoms with Crippen molar-refractivity contribution in [3.05, 3.63) is 75.4 Å². The number of anilines is 1. The Morgan fingerprint density at radius 1 is 1.00 bits per heavy atom. The van der Waals surface area contributed by atoms with Crippen LogP contribution in [0.4, 0.5) is 5.82 Å². The van der Waals surface area contributed by atoms with Gasteiger partial charge in [0.25, 0.3) is 11.8 Å². The predicted molar refractivity (Wildman–Crippen MR) is 105 cm³/mol. The van der Waals surface area contributed by atoms with Gasteiger partial charge in [-0.2, -0.15) is 5.10 Å². The molecule has 2 heterocycles. The molecule has 2 aromatic carbocycles. The molecule has 0 spiro atoms. The second-order valence-corrected chi connectivity index (χ2v) is 6.69. The van der Waals surface area contributed by atoms with Crippen molar-refractivity contribution in [2.45, 2.75) is 0 Å². The summed E-state index contributed by atoms with van der Waals surface area (Å²) in [6.07, 6.45) is 1.59. The van der Waals surface area contributed by atoms with Crippen molar-refractivity contribution in [1.82, 2.24) is 15.1 Å². The molecule has 0 fully saturated rings. The summed E-state index contributed by atoms with van der Waals surface area (Å²) in [5.74, 6) is -0.988. The molecule has 0 bridgehead atoms.